The first-order chi connectivity index (χ1) is 10.7. The van der Waals surface area contributed by atoms with E-state index in [2.05, 4.69) is 86.6 Å². The molecular formula is C22H18. The summed E-state index contributed by atoms with van der Waals surface area (Å²) in [5.74, 6) is 0. The van der Waals surface area contributed by atoms with Crippen molar-refractivity contribution >= 4 is 21.5 Å². The molecule has 0 saturated heterocycles. The lowest BCUT2D eigenvalue weighted by Crippen LogP contribution is -1.88. The van der Waals surface area contributed by atoms with Crippen LogP contribution in [0.1, 0.15) is 11.1 Å². The Hall–Kier alpha value is -2.60. The van der Waals surface area contributed by atoms with Gasteiger partial charge in [0.2, 0.25) is 0 Å². The minimum atomic E-state index is 1.30. The normalized spacial score (nSPS) is 11.2. The number of rotatable bonds is 1. The first-order valence-electron chi connectivity index (χ1n) is 7.72. The number of benzene rings is 4. The number of aryl methyl sites for hydroxylation is 2. The minimum absolute atomic E-state index is 1.30. The van der Waals surface area contributed by atoms with Gasteiger partial charge in [-0.25, -0.2) is 0 Å². The molecule has 4 rings (SSSR count). The Morgan fingerprint density at radius 3 is 1.91 bits per heavy atom. The van der Waals surface area contributed by atoms with Gasteiger partial charge >= 0.3 is 0 Å². The summed E-state index contributed by atoms with van der Waals surface area (Å²) >= 11 is 0. The molecule has 0 radical (unpaired) electrons. The van der Waals surface area contributed by atoms with Crippen molar-refractivity contribution in [1.29, 1.82) is 0 Å². The van der Waals surface area contributed by atoms with Crippen molar-refractivity contribution in [3.05, 3.63) is 83.9 Å². The number of fused-ring (bicyclic) bond motifs is 2. The van der Waals surface area contributed by atoms with E-state index in [0.717, 1.165) is 0 Å². The molecule has 0 heterocycles. The highest BCUT2D eigenvalue weighted by Gasteiger charge is 2.09. The Morgan fingerprint density at radius 2 is 1.14 bits per heavy atom. The minimum Gasteiger partial charge on any atom is -0.0616 e. The fraction of sp³-hybridized carbons (Fsp3) is 0.0909. The molecule has 4 aromatic rings. The lowest BCUT2D eigenvalue weighted by Gasteiger charge is -2.13. The highest BCUT2D eigenvalue weighted by atomic mass is 14.1. The molecule has 0 aromatic heterocycles. The van der Waals surface area contributed by atoms with Gasteiger partial charge in [-0.1, -0.05) is 66.7 Å². The van der Waals surface area contributed by atoms with Gasteiger partial charge in [-0.3, -0.25) is 0 Å². The Kier molecular flexibility index (Phi) is 2.97. The van der Waals surface area contributed by atoms with Gasteiger partial charge in [0.15, 0.2) is 0 Å². The molecule has 0 aliphatic rings. The second kappa shape index (κ2) is 4.99. The zero-order valence-corrected chi connectivity index (χ0v) is 12.9. The predicted molar refractivity (Wildman–Crippen MR) is 96.4 cm³/mol. The van der Waals surface area contributed by atoms with Gasteiger partial charge in [0.1, 0.15) is 0 Å². The average molecular weight is 282 g/mol. The van der Waals surface area contributed by atoms with E-state index in [1.807, 2.05) is 0 Å². The Morgan fingerprint density at radius 1 is 0.500 bits per heavy atom. The predicted octanol–water partition coefficient (Wildman–Crippen LogP) is 6.28. The van der Waals surface area contributed by atoms with Crippen LogP contribution in [0.25, 0.3) is 32.7 Å². The molecule has 0 aliphatic heterocycles. The van der Waals surface area contributed by atoms with E-state index in [1.54, 1.807) is 0 Å². The number of hydrogen-bond acceptors (Lipinski definition) is 0. The van der Waals surface area contributed by atoms with Gasteiger partial charge in [-0.2, -0.15) is 0 Å². The van der Waals surface area contributed by atoms with Crippen molar-refractivity contribution in [3.8, 4) is 11.1 Å². The largest absolute Gasteiger partial charge is 0.0616 e. The van der Waals surface area contributed by atoms with Crippen molar-refractivity contribution in [2.75, 3.05) is 0 Å². The Bertz CT molecular complexity index is 988. The molecule has 22 heavy (non-hydrogen) atoms. The third kappa shape index (κ3) is 2.00. The van der Waals surface area contributed by atoms with Crippen LogP contribution in [0.4, 0.5) is 0 Å². The summed E-state index contributed by atoms with van der Waals surface area (Å²) in [6.07, 6.45) is 0. The monoisotopic (exact) mass is 282 g/mol. The summed E-state index contributed by atoms with van der Waals surface area (Å²) < 4.78 is 0. The quantitative estimate of drug-likeness (QED) is 0.385. The summed E-state index contributed by atoms with van der Waals surface area (Å²) in [7, 11) is 0. The molecule has 0 N–H and O–H groups in total. The third-order valence-electron chi connectivity index (χ3n) is 4.50. The van der Waals surface area contributed by atoms with Crippen molar-refractivity contribution in [1.82, 2.24) is 0 Å². The molecule has 0 fully saturated rings. The van der Waals surface area contributed by atoms with Crippen LogP contribution in [0.3, 0.4) is 0 Å². The van der Waals surface area contributed by atoms with Crippen molar-refractivity contribution in [2.45, 2.75) is 13.8 Å². The third-order valence-corrected chi connectivity index (χ3v) is 4.50. The highest BCUT2D eigenvalue weighted by Crippen LogP contribution is 2.34. The fourth-order valence-electron chi connectivity index (χ4n) is 3.40. The summed E-state index contributed by atoms with van der Waals surface area (Å²) in [6, 6.07) is 26.3. The van der Waals surface area contributed by atoms with Crippen LogP contribution in [0.5, 0.6) is 0 Å². The molecule has 0 heteroatoms. The maximum absolute atomic E-state index is 2.33. The van der Waals surface area contributed by atoms with Crippen LogP contribution in [0.15, 0.2) is 72.8 Å². The molecule has 0 saturated carbocycles. The molecule has 106 valence electrons. The van der Waals surface area contributed by atoms with Gasteiger partial charge in [-0.05, 0) is 63.7 Å². The maximum Gasteiger partial charge on any atom is -0.00760 e. The molecular weight excluding hydrogens is 264 g/mol. The van der Waals surface area contributed by atoms with Crippen molar-refractivity contribution in [2.24, 2.45) is 0 Å². The lowest BCUT2D eigenvalue weighted by molar-refractivity contribution is 1.48. The van der Waals surface area contributed by atoms with Crippen LogP contribution in [-0.2, 0) is 0 Å². The van der Waals surface area contributed by atoms with E-state index in [-0.39, 0.29) is 0 Å². The summed E-state index contributed by atoms with van der Waals surface area (Å²) in [6.45, 7) is 4.40. The summed E-state index contributed by atoms with van der Waals surface area (Å²) in [5.41, 5.74) is 5.33. The highest BCUT2D eigenvalue weighted by molar-refractivity contribution is 6.01. The van der Waals surface area contributed by atoms with Crippen molar-refractivity contribution < 1.29 is 0 Å². The second-order valence-corrected chi connectivity index (χ2v) is 5.99. The average Bonchev–Trinajstić information content (AvgIpc) is 2.54. The van der Waals surface area contributed by atoms with Gasteiger partial charge in [0.05, 0.1) is 0 Å². The van der Waals surface area contributed by atoms with Crippen LogP contribution in [0.2, 0.25) is 0 Å². The topological polar surface area (TPSA) is 0 Å². The summed E-state index contributed by atoms with van der Waals surface area (Å²) in [4.78, 5) is 0. The zero-order valence-electron chi connectivity index (χ0n) is 12.9. The first-order valence-corrected chi connectivity index (χ1v) is 7.72. The van der Waals surface area contributed by atoms with Crippen LogP contribution < -0.4 is 0 Å². The maximum atomic E-state index is 2.33. The molecule has 4 aromatic carbocycles. The Labute approximate surface area is 131 Å². The first kappa shape index (κ1) is 13.1. The van der Waals surface area contributed by atoms with Gasteiger partial charge in [-0.15, -0.1) is 0 Å². The van der Waals surface area contributed by atoms with Crippen LogP contribution >= 0.6 is 0 Å². The van der Waals surface area contributed by atoms with E-state index >= 15 is 0 Å². The SMILES string of the molecule is Cc1cc2ccccc2cc1-c1cccc2cccc(C)c12. The van der Waals surface area contributed by atoms with Crippen molar-refractivity contribution in [3.63, 3.8) is 0 Å². The molecule has 0 amide bonds. The van der Waals surface area contributed by atoms with Gasteiger partial charge < -0.3 is 0 Å². The van der Waals surface area contributed by atoms with E-state index in [0.29, 0.717) is 0 Å². The van der Waals surface area contributed by atoms with E-state index < -0.39 is 0 Å². The molecule has 0 bridgehead atoms. The smallest absolute Gasteiger partial charge is 0.00760 e. The molecule has 0 spiro atoms. The molecule has 0 atom stereocenters. The van der Waals surface area contributed by atoms with E-state index in [4.69, 9.17) is 0 Å². The molecule has 0 unspecified atom stereocenters. The zero-order chi connectivity index (χ0) is 15.1. The standard InChI is InChI=1S/C22H18/c1-15-7-5-10-17-11-6-12-20(22(15)17)21-14-19-9-4-3-8-18(19)13-16(21)2/h3-14H,1-2H3. The number of hydrogen-bond donors (Lipinski definition) is 0. The van der Waals surface area contributed by atoms with E-state index in [9.17, 15) is 0 Å². The van der Waals surface area contributed by atoms with Gasteiger partial charge in [0, 0.05) is 0 Å². The fourth-order valence-corrected chi connectivity index (χ4v) is 3.40. The summed E-state index contributed by atoms with van der Waals surface area (Å²) in [5, 5.41) is 5.28. The van der Waals surface area contributed by atoms with E-state index in [1.165, 1.54) is 43.8 Å². The van der Waals surface area contributed by atoms with Crippen LogP contribution in [0, 0.1) is 13.8 Å². The lowest BCUT2D eigenvalue weighted by atomic mass is 9.91. The molecule has 0 nitrogen and oxygen atoms in total. The second-order valence-electron chi connectivity index (χ2n) is 5.99. The molecule has 0 aliphatic carbocycles. The Balaban J connectivity index is 2.09. The van der Waals surface area contributed by atoms with Crippen LogP contribution in [-0.4, -0.2) is 0 Å². The van der Waals surface area contributed by atoms with Gasteiger partial charge in [0.25, 0.3) is 0 Å².